The van der Waals surface area contributed by atoms with Crippen molar-refractivity contribution < 1.29 is 19.1 Å². The molecule has 9 nitrogen and oxygen atoms in total. The Labute approximate surface area is 219 Å². The number of benzene rings is 1. The van der Waals surface area contributed by atoms with Gasteiger partial charge in [0.25, 0.3) is 5.91 Å². The molecule has 2 aliphatic carbocycles. The number of rotatable bonds is 6. The Balaban J connectivity index is 1.25. The van der Waals surface area contributed by atoms with Crippen molar-refractivity contribution in [3.63, 3.8) is 0 Å². The lowest BCUT2D eigenvalue weighted by Crippen LogP contribution is -2.45. The lowest BCUT2D eigenvalue weighted by molar-refractivity contribution is -0.143. The van der Waals surface area contributed by atoms with Gasteiger partial charge in [0, 0.05) is 29.7 Å². The van der Waals surface area contributed by atoms with Crippen LogP contribution in [0.25, 0.3) is 5.70 Å². The normalized spacial score (nSPS) is 24.5. The minimum atomic E-state index is -0.786. The van der Waals surface area contributed by atoms with E-state index in [0.717, 1.165) is 31.2 Å². The lowest BCUT2D eigenvalue weighted by atomic mass is 9.79. The van der Waals surface area contributed by atoms with Gasteiger partial charge in [0.15, 0.2) is 0 Å². The maximum atomic E-state index is 15.5. The van der Waals surface area contributed by atoms with Crippen LogP contribution < -0.4 is 16.4 Å². The van der Waals surface area contributed by atoms with E-state index in [2.05, 4.69) is 20.6 Å². The minimum absolute atomic E-state index is 0.0277. The summed E-state index contributed by atoms with van der Waals surface area (Å²) in [5.41, 5.74) is 8.83. The highest BCUT2D eigenvalue weighted by Crippen LogP contribution is 2.41. The number of carboxylic acid groups (broad SMARTS) is 1. The van der Waals surface area contributed by atoms with E-state index >= 15 is 4.39 Å². The summed E-state index contributed by atoms with van der Waals surface area (Å²) in [7, 11) is 0. The van der Waals surface area contributed by atoms with Gasteiger partial charge in [0.1, 0.15) is 29.3 Å². The van der Waals surface area contributed by atoms with Crippen molar-refractivity contribution in [1.29, 1.82) is 0 Å². The maximum absolute atomic E-state index is 15.5. The SMILES string of the molecule is NC1=NC=CN2C1=C(c1ccc(C(=O)Nc3cc(C4CC4)ccn3)cc1F)NC2C1CCC[C@H](C(=O)O)C1. The molecule has 38 heavy (non-hydrogen) atoms. The molecule has 1 aromatic heterocycles. The second-order valence-corrected chi connectivity index (χ2v) is 10.4. The molecule has 0 saturated heterocycles. The number of carbonyl (C=O) groups is 2. The molecule has 0 radical (unpaired) electrons. The van der Waals surface area contributed by atoms with Crippen molar-refractivity contribution in [3.8, 4) is 0 Å². The van der Waals surface area contributed by atoms with Crippen LogP contribution >= 0.6 is 0 Å². The first-order valence-electron chi connectivity index (χ1n) is 13.0. The van der Waals surface area contributed by atoms with Gasteiger partial charge in [-0.3, -0.25) is 9.59 Å². The van der Waals surface area contributed by atoms with E-state index in [1.165, 1.54) is 6.07 Å². The zero-order valence-corrected chi connectivity index (χ0v) is 20.7. The molecule has 6 rings (SSSR count). The molecular weight excluding hydrogens is 487 g/mol. The summed E-state index contributed by atoms with van der Waals surface area (Å²) in [5, 5.41) is 15.7. The maximum Gasteiger partial charge on any atom is 0.306 e. The molecule has 2 aromatic rings. The van der Waals surface area contributed by atoms with E-state index in [1.54, 1.807) is 30.7 Å². The summed E-state index contributed by atoms with van der Waals surface area (Å²) in [5.74, 6) is -0.988. The number of nitrogens with two attached hydrogens (primary N) is 1. The summed E-state index contributed by atoms with van der Waals surface area (Å²) in [6.07, 6.45) is 9.87. The van der Waals surface area contributed by atoms with E-state index in [9.17, 15) is 14.7 Å². The first kappa shape index (κ1) is 24.1. The molecule has 2 unspecified atom stereocenters. The highest BCUT2D eigenvalue weighted by molar-refractivity contribution is 6.06. The number of nitrogens with one attached hydrogen (secondary N) is 2. The molecule has 3 heterocycles. The topological polar surface area (TPSA) is 133 Å². The predicted molar refractivity (Wildman–Crippen MR) is 140 cm³/mol. The molecule has 0 bridgehead atoms. The first-order valence-corrected chi connectivity index (χ1v) is 13.0. The predicted octanol–water partition coefficient (Wildman–Crippen LogP) is 3.98. The third-order valence-electron chi connectivity index (χ3n) is 7.86. The quantitative estimate of drug-likeness (QED) is 0.456. The Bertz CT molecular complexity index is 1400. The number of amidine groups is 1. The van der Waals surface area contributed by atoms with E-state index in [4.69, 9.17) is 5.73 Å². The monoisotopic (exact) mass is 516 g/mol. The number of aromatic nitrogens is 1. The standard InChI is InChI=1S/C28H29FN6O3/c29-21-13-18(27(36)33-22-14-16(8-9-31-22)15-4-5-15)6-7-20(21)23-24-25(30)32-10-11-35(24)26(34-23)17-2-1-3-19(12-17)28(37)38/h6-11,13-15,17,19,26,34H,1-5,12H2,(H2,30,32)(H,37,38)(H,31,33,36)/t17?,19-,26?/m0/s1. The zero-order valence-electron chi connectivity index (χ0n) is 20.7. The Morgan fingerprint density at radius 2 is 2.00 bits per heavy atom. The molecule has 10 heteroatoms. The number of halogens is 1. The van der Waals surface area contributed by atoms with Crippen LogP contribution in [0.4, 0.5) is 10.2 Å². The Morgan fingerprint density at radius 1 is 1.16 bits per heavy atom. The van der Waals surface area contributed by atoms with Gasteiger partial charge in [-0.15, -0.1) is 0 Å². The van der Waals surface area contributed by atoms with Crippen molar-refractivity contribution >= 4 is 29.2 Å². The third-order valence-corrected chi connectivity index (χ3v) is 7.86. The molecule has 2 fully saturated rings. The number of aliphatic imine (C=N–C) groups is 1. The number of carbonyl (C=O) groups excluding carboxylic acids is 1. The fourth-order valence-corrected chi connectivity index (χ4v) is 5.75. The highest BCUT2D eigenvalue weighted by Gasteiger charge is 2.41. The molecule has 4 aliphatic rings. The van der Waals surface area contributed by atoms with Crippen LogP contribution in [-0.2, 0) is 4.79 Å². The number of aliphatic carboxylic acids is 1. The number of nitrogens with zero attached hydrogens (tertiary/aromatic N) is 3. The van der Waals surface area contributed by atoms with Gasteiger partial charge in [0.2, 0.25) is 0 Å². The first-order chi connectivity index (χ1) is 18.4. The number of amides is 1. The number of pyridine rings is 1. The Morgan fingerprint density at radius 3 is 2.76 bits per heavy atom. The van der Waals surface area contributed by atoms with Gasteiger partial charge in [-0.1, -0.05) is 6.42 Å². The molecule has 2 saturated carbocycles. The van der Waals surface area contributed by atoms with Crippen LogP contribution in [0.5, 0.6) is 0 Å². The van der Waals surface area contributed by atoms with Crippen molar-refractivity contribution in [2.24, 2.45) is 22.6 Å². The van der Waals surface area contributed by atoms with Gasteiger partial charge >= 0.3 is 5.97 Å². The van der Waals surface area contributed by atoms with Crippen LogP contribution in [0.1, 0.15) is 65.9 Å². The van der Waals surface area contributed by atoms with Crippen molar-refractivity contribution in [2.75, 3.05) is 5.32 Å². The summed E-state index contributed by atoms with van der Waals surface area (Å²) in [6, 6.07) is 8.14. The fraction of sp³-hybridized carbons (Fsp3) is 0.357. The van der Waals surface area contributed by atoms with Crippen molar-refractivity contribution in [2.45, 2.75) is 50.6 Å². The van der Waals surface area contributed by atoms with Crippen LogP contribution in [0.2, 0.25) is 0 Å². The molecular formula is C28H29FN6O3. The number of hydrogen-bond acceptors (Lipinski definition) is 7. The second-order valence-electron chi connectivity index (χ2n) is 10.4. The van der Waals surface area contributed by atoms with Gasteiger partial charge in [-0.25, -0.2) is 14.4 Å². The number of hydrogen-bond donors (Lipinski definition) is 4. The van der Waals surface area contributed by atoms with E-state index in [0.29, 0.717) is 36.0 Å². The molecule has 5 N–H and O–H groups in total. The summed E-state index contributed by atoms with van der Waals surface area (Å²) in [6.45, 7) is 0. The van der Waals surface area contributed by atoms with Crippen molar-refractivity contribution in [3.05, 3.63) is 77.1 Å². The Kier molecular flexibility index (Phi) is 6.09. The summed E-state index contributed by atoms with van der Waals surface area (Å²) >= 11 is 0. The smallest absolute Gasteiger partial charge is 0.306 e. The minimum Gasteiger partial charge on any atom is -0.481 e. The van der Waals surface area contributed by atoms with Crippen LogP contribution in [0.3, 0.4) is 0 Å². The number of fused-ring (bicyclic) bond motifs is 1. The summed E-state index contributed by atoms with van der Waals surface area (Å²) < 4.78 is 15.5. The van der Waals surface area contributed by atoms with Gasteiger partial charge < -0.3 is 26.4 Å². The van der Waals surface area contributed by atoms with Gasteiger partial charge in [-0.05, 0) is 79.8 Å². The summed E-state index contributed by atoms with van der Waals surface area (Å²) in [4.78, 5) is 34.9. The molecule has 0 spiro atoms. The van der Waals surface area contributed by atoms with Crippen LogP contribution in [-0.4, -0.2) is 38.9 Å². The Hall–Kier alpha value is -4.21. The van der Waals surface area contributed by atoms with Crippen LogP contribution in [0, 0.1) is 17.7 Å². The zero-order chi connectivity index (χ0) is 26.4. The average molecular weight is 517 g/mol. The van der Waals surface area contributed by atoms with E-state index in [-0.39, 0.29) is 29.0 Å². The molecule has 1 amide bonds. The molecule has 3 atom stereocenters. The second kappa shape index (κ2) is 9.59. The number of carboxylic acids is 1. The number of anilines is 1. The lowest BCUT2D eigenvalue weighted by Gasteiger charge is -2.36. The largest absolute Gasteiger partial charge is 0.481 e. The van der Waals surface area contributed by atoms with E-state index in [1.807, 2.05) is 17.0 Å². The fourth-order valence-electron chi connectivity index (χ4n) is 5.75. The van der Waals surface area contributed by atoms with Crippen molar-refractivity contribution in [1.82, 2.24) is 15.2 Å². The van der Waals surface area contributed by atoms with Gasteiger partial charge in [0.05, 0.1) is 11.6 Å². The molecule has 196 valence electrons. The van der Waals surface area contributed by atoms with E-state index < -0.39 is 23.6 Å². The molecule has 1 aromatic carbocycles. The average Bonchev–Trinajstić information content (AvgIpc) is 3.70. The highest BCUT2D eigenvalue weighted by atomic mass is 19.1. The molecule has 2 aliphatic heterocycles. The third kappa shape index (κ3) is 4.51. The van der Waals surface area contributed by atoms with Gasteiger partial charge in [-0.2, -0.15) is 0 Å². The van der Waals surface area contributed by atoms with Crippen LogP contribution in [0.15, 0.2) is 59.6 Å².